The van der Waals surface area contributed by atoms with Gasteiger partial charge in [0.05, 0.1) is 24.8 Å². The van der Waals surface area contributed by atoms with Crippen LogP contribution in [0.2, 0.25) is 0 Å². The first-order valence-electron chi connectivity index (χ1n) is 9.70. The first-order chi connectivity index (χ1) is 14.2. The Morgan fingerprint density at radius 2 is 2.00 bits per heavy atom. The molecule has 1 fully saturated rings. The molecule has 0 unspecified atom stereocenters. The Labute approximate surface area is 174 Å². The lowest BCUT2D eigenvalue weighted by molar-refractivity contribution is -0.129. The number of likely N-dealkylation sites (tertiary alicyclic amines) is 1. The number of methoxy groups -OCH3 is 1. The van der Waals surface area contributed by atoms with Crippen LogP contribution in [0.4, 0.5) is 0 Å². The van der Waals surface area contributed by atoms with Gasteiger partial charge in [0.1, 0.15) is 5.75 Å². The second-order valence-corrected chi connectivity index (χ2v) is 8.09. The van der Waals surface area contributed by atoms with Gasteiger partial charge in [-0.25, -0.2) is 0 Å². The van der Waals surface area contributed by atoms with Crippen molar-refractivity contribution in [1.29, 1.82) is 0 Å². The average molecular weight is 413 g/mol. The van der Waals surface area contributed by atoms with Crippen LogP contribution in [-0.2, 0) is 4.79 Å². The number of benzene rings is 1. The molecule has 0 radical (unpaired) electrons. The third-order valence-electron chi connectivity index (χ3n) is 5.16. The van der Waals surface area contributed by atoms with Crippen LogP contribution in [0.1, 0.15) is 19.8 Å². The number of para-hydroxylation sites is 2. The van der Waals surface area contributed by atoms with Gasteiger partial charge in [-0.3, -0.25) is 9.36 Å². The van der Waals surface area contributed by atoms with Crippen molar-refractivity contribution in [2.24, 2.45) is 5.92 Å². The standard InChI is InChI=1S/C21H24N4O3S/c1-15-9-11-24(12-10-15)19(26)14-29-21-23-22-20(18-8-5-13-28-18)25(21)16-6-3-4-7-17(16)27-2/h3-8,13,15H,9-12,14H2,1-2H3. The van der Waals surface area contributed by atoms with Crippen molar-refractivity contribution < 1.29 is 13.9 Å². The van der Waals surface area contributed by atoms with E-state index in [9.17, 15) is 4.79 Å². The van der Waals surface area contributed by atoms with Crippen LogP contribution in [-0.4, -0.2) is 51.5 Å². The Kier molecular flexibility index (Phi) is 5.89. The molecule has 4 rings (SSSR count). The van der Waals surface area contributed by atoms with Crippen LogP contribution < -0.4 is 4.74 Å². The Balaban J connectivity index is 1.61. The molecule has 1 aromatic carbocycles. The van der Waals surface area contributed by atoms with Crippen molar-refractivity contribution in [2.75, 3.05) is 26.0 Å². The lowest BCUT2D eigenvalue weighted by atomic mass is 9.99. The van der Waals surface area contributed by atoms with Crippen molar-refractivity contribution >= 4 is 17.7 Å². The molecule has 1 amide bonds. The molecule has 152 valence electrons. The van der Waals surface area contributed by atoms with Crippen LogP contribution in [0.5, 0.6) is 5.75 Å². The van der Waals surface area contributed by atoms with Crippen molar-refractivity contribution in [1.82, 2.24) is 19.7 Å². The van der Waals surface area contributed by atoms with Crippen molar-refractivity contribution in [2.45, 2.75) is 24.9 Å². The number of thioether (sulfide) groups is 1. The normalized spacial score (nSPS) is 14.9. The van der Waals surface area contributed by atoms with Gasteiger partial charge in [-0.2, -0.15) is 0 Å². The maximum absolute atomic E-state index is 12.7. The summed E-state index contributed by atoms with van der Waals surface area (Å²) in [4.78, 5) is 14.6. The van der Waals surface area contributed by atoms with E-state index in [4.69, 9.17) is 9.15 Å². The van der Waals surface area contributed by atoms with Gasteiger partial charge in [-0.15, -0.1) is 10.2 Å². The highest BCUT2D eigenvalue weighted by atomic mass is 32.2. The predicted octanol–water partition coefficient (Wildman–Crippen LogP) is 3.89. The number of amides is 1. The molecular weight excluding hydrogens is 388 g/mol. The number of nitrogens with zero attached hydrogens (tertiary/aromatic N) is 4. The molecule has 1 aliphatic heterocycles. The van der Waals surface area contributed by atoms with Gasteiger partial charge < -0.3 is 14.1 Å². The molecule has 0 atom stereocenters. The number of furan rings is 1. The summed E-state index contributed by atoms with van der Waals surface area (Å²) in [6.07, 6.45) is 3.73. The molecular formula is C21H24N4O3S. The van der Waals surface area contributed by atoms with Crippen LogP contribution in [0.3, 0.4) is 0 Å². The number of carbonyl (C=O) groups is 1. The first kappa shape index (κ1) is 19.6. The molecule has 3 heterocycles. The van der Waals surface area contributed by atoms with Gasteiger partial charge in [0, 0.05) is 13.1 Å². The zero-order valence-corrected chi connectivity index (χ0v) is 17.4. The smallest absolute Gasteiger partial charge is 0.233 e. The average Bonchev–Trinajstić information content (AvgIpc) is 3.42. The molecule has 0 aliphatic carbocycles. The topological polar surface area (TPSA) is 73.4 Å². The third-order valence-corrected chi connectivity index (χ3v) is 6.08. The summed E-state index contributed by atoms with van der Waals surface area (Å²) in [6, 6.07) is 11.3. The lowest BCUT2D eigenvalue weighted by Crippen LogP contribution is -2.38. The van der Waals surface area contributed by atoms with E-state index in [2.05, 4.69) is 17.1 Å². The van der Waals surface area contributed by atoms with E-state index < -0.39 is 0 Å². The molecule has 8 heteroatoms. The number of rotatable bonds is 6. The summed E-state index contributed by atoms with van der Waals surface area (Å²) < 4.78 is 13.0. The maximum atomic E-state index is 12.7. The summed E-state index contributed by atoms with van der Waals surface area (Å²) in [6.45, 7) is 3.90. The van der Waals surface area contributed by atoms with E-state index in [0.717, 1.165) is 31.6 Å². The number of piperidine rings is 1. The van der Waals surface area contributed by atoms with Gasteiger partial charge in [-0.05, 0) is 43.0 Å². The van der Waals surface area contributed by atoms with Gasteiger partial charge in [0.15, 0.2) is 10.9 Å². The summed E-state index contributed by atoms with van der Waals surface area (Å²) >= 11 is 1.38. The van der Waals surface area contributed by atoms with Gasteiger partial charge in [-0.1, -0.05) is 30.8 Å². The third kappa shape index (κ3) is 4.17. The van der Waals surface area contributed by atoms with Crippen molar-refractivity contribution in [3.05, 3.63) is 42.7 Å². The molecule has 7 nitrogen and oxygen atoms in total. The molecule has 0 saturated carbocycles. The van der Waals surface area contributed by atoms with E-state index in [1.54, 1.807) is 13.4 Å². The molecule has 0 spiro atoms. The summed E-state index contributed by atoms with van der Waals surface area (Å²) in [7, 11) is 1.63. The van der Waals surface area contributed by atoms with Gasteiger partial charge in [0.25, 0.3) is 0 Å². The minimum absolute atomic E-state index is 0.135. The second kappa shape index (κ2) is 8.73. The monoisotopic (exact) mass is 412 g/mol. The summed E-state index contributed by atoms with van der Waals surface area (Å²) in [5, 5.41) is 9.30. The number of carbonyl (C=O) groups excluding carboxylic acids is 1. The quantitative estimate of drug-likeness (QED) is 0.572. The highest BCUT2D eigenvalue weighted by Gasteiger charge is 2.24. The number of aromatic nitrogens is 3. The highest BCUT2D eigenvalue weighted by molar-refractivity contribution is 7.99. The Bertz CT molecular complexity index is 962. The number of hydrogen-bond donors (Lipinski definition) is 0. The maximum Gasteiger partial charge on any atom is 0.233 e. The van der Waals surface area contributed by atoms with Crippen molar-refractivity contribution in [3.8, 4) is 23.0 Å². The van der Waals surface area contributed by atoms with Crippen LogP contribution in [0.25, 0.3) is 17.3 Å². The number of ether oxygens (including phenoxy) is 1. The van der Waals surface area contributed by atoms with E-state index in [0.29, 0.717) is 34.2 Å². The predicted molar refractivity (Wildman–Crippen MR) is 111 cm³/mol. The van der Waals surface area contributed by atoms with Crippen LogP contribution in [0.15, 0.2) is 52.2 Å². The van der Waals surface area contributed by atoms with Crippen molar-refractivity contribution in [3.63, 3.8) is 0 Å². The Morgan fingerprint density at radius 1 is 1.21 bits per heavy atom. The van der Waals surface area contributed by atoms with Crippen LogP contribution in [0, 0.1) is 5.92 Å². The fraction of sp³-hybridized carbons (Fsp3) is 0.381. The van der Waals surface area contributed by atoms with E-state index >= 15 is 0 Å². The largest absolute Gasteiger partial charge is 0.495 e. The molecule has 1 saturated heterocycles. The SMILES string of the molecule is COc1ccccc1-n1c(SCC(=O)N2CCC(C)CC2)nnc1-c1ccco1. The molecule has 0 N–H and O–H groups in total. The van der Waals surface area contributed by atoms with Crippen LogP contribution >= 0.6 is 11.8 Å². The van der Waals surface area contributed by atoms with Gasteiger partial charge >= 0.3 is 0 Å². The lowest BCUT2D eigenvalue weighted by Gasteiger charge is -2.30. The summed E-state index contributed by atoms with van der Waals surface area (Å²) in [5.41, 5.74) is 0.799. The zero-order valence-electron chi connectivity index (χ0n) is 16.6. The molecule has 2 aromatic heterocycles. The fourth-order valence-corrected chi connectivity index (χ4v) is 4.28. The second-order valence-electron chi connectivity index (χ2n) is 7.14. The molecule has 1 aliphatic rings. The minimum atomic E-state index is 0.135. The van der Waals surface area contributed by atoms with Gasteiger partial charge in [0.2, 0.25) is 11.7 Å². The highest BCUT2D eigenvalue weighted by Crippen LogP contribution is 2.32. The minimum Gasteiger partial charge on any atom is -0.495 e. The van der Waals surface area contributed by atoms with E-state index in [-0.39, 0.29) is 5.91 Å². The fourth-order valence-electron chi connectivity index (χ4n) is 3.44. The zero-order chi connectivity index (χ0) is 20.2. The molecule has 29 heavy (non-hydrogen) atoms. The van der Waals surface area contributed by atoms with E-state index in [1.807, 2.05) is 45.9 Å². The summed E-state index contributed by atoms with van der Waals surface area (Å²) in [5.74, 6) is 3.01. The Hall–Kier alpha value is -2.74. The molecule has 0 bridgehead atoms. The first-order valence-corrected chi connectivity index (χ1v) is 10.7. The Morgan fingerprint density at radius 3 is 2.72 bits per heavy atom. The molecule has 3 aromatic rings. The van der Waals surface area contributed by atoms with E-state index in [1.165, 1.54) is 11.8 Å². The number of hydrogen-bond acceptors (Lipinski definition) is 6.